The van der Waals surface area contributed by atoms with E-state index in [2.05, 4.69) is 4.98 Å². The maximum atomic E-state index is 13.6. The summed E-state index contributed by atoms with van der Waals surface area (Å²) in [5.41, 5.74) is -1.05. The van der Waals surface area contributed by atoms with Crippen molar-refractivity contribution in [2.24, 2.45) is 0 Å². The van der Waals surface area contributed by atoms with Gasteiger partial charge in [0, 0.05) is 5.56 Å². The van der Waals surface area contributed by atoms with E-state index < -0.39 is 35.7 Å². The number of hydrogen-bond donors (Lipinski definition) is 2. The van der Waals surface area contributed by atoms with Gasteiger partial charge in [0.1, 0.15) is 5.82 Å². The van der Waals surface area contributed by atoms with Gasteiger partial charge in [0.15, 0.2) is 11.6 Å². The number of halogens is 3. The van der Waals surface area contributed by atoms with E-state index in [9.17, 15) is 13.2 Å². The molecule has 18 heavy (non-hydrogen) atoms. The molecule has 92 valence electrons. The number of hydrogen-bond acceptors (Lipinski definition) is 3. The highest BCUT2D eigenvalue weighted by Gasteiger charge is 2.19. The Morgan fingerprint density at radius 2 is 1.56 bits per heavy atom. The van der Waals surface area contributed by atoms with Crippen LogP contribution in [0.2, 0.25) is 0 Å². The molecule has 2 N–H and O–H groups in total. The second kappa shape index (κ2) is 4.79. The third kappa shape index (κ3) is 2.22. The molecule has 0 aliphatic carbocycles. The van der Waals surface area contributed by atoms with Gasteiger partial charge in [0.25, 0.3) is 0 Å². The highest BCUT2D eigenvalue weighted by Crippen LogP contribution is 2.26. The molecule has 0 saturated carbocycles. The third-order valence-corrected chi connectivity index (χ3v) is 2.41. The summed E-state index contributed by atoms with van der Waals surface area (Å²) in [7, 11) is -1.85. The summed E-state index contributed by atoms with van der Waals surface area (Å²) >= 11 is 0. The maximum absolute atomic E-state index is 13.6. The second-order valence-corrected chi connectivity index (χ2v) is 3.59. The highest BCUT2D eigenvalue weighted by atomic mass is 19.1. The molecule has 1 aromatic carbocycles. The van der Waals surface area contributed by atoms with Crippen LogP contribution in [0.3, 0.4) is 0 Å². The molecule has 0 atom stereocenters. The summed E-state index contributed by atoms with van der Waals surface area (Å²) in [6, 6.07) is 2.99. The van der Waals surface area contributed by atoms with Crippen molar-refractivity contribution in [3.05, 3.63) is 48.0 Å². The zero-order valence-corrected chi connectivity index (χ0v) is 8.94. The molecule has 2 rings (SSSR count). The van der Waals surface area contributed by atoms with E-state index >= 15 is 0 Å². The van der Waals surface area contributed by atoms with Gasteiger partial charge in [0.2, 0.25) is 0 Å². The molecule has 0 amide bonds. The average molecular weight is 253 g/mol. The van der Waals surface area contributed by atoms with Crippen LogP contribution in [0.1, 0.15) is 0 Å². The van der Waals surface area contributed by atoms with Crippen molar-refractivity contribution in [2.75, 3.05) is 0 Å². The van der Waals surface area contributed by atoms with Crippen molar-refractivity contribution in [1.29, 1.82) is 0 Å². The lowest BCUT2D eigenvalue weighted by molar-refractivity contribution is 0.425. The Balaban J connectivity index is 2.67. The maximum Gasteiger partial charge on any atom is 0.488 e. The predicted octanol–water partition coefficient (Wildman–Crippen LogP) is 0.846. The first-order chi connectivity index (χ1) is 8.50. The minimum atomic E-state index is -1.85. The van der Waals surface area contributed by atoms with Gasteiger partial charge in [-0.25, -0.2) is 13.2 Å². The van der Waals surface area contributed by atoms with Crippen LogP contribution < -0.4 is 5.46 Å². The first-order valence-corrected chi connectivity index (χ1v) is 4.95. The standard InChI is InChI=1S/C11H7BF3NO2/c13-8-2-1-6(12(17)18)3-7(8)11-9(14)4-16-5-10(11)15/h1-5,17-18H. The fraction of sp³-hybridized carbons (Fsp3) is 0. The first-order valence-electron chi connectivity index (χ1n) is 4.95. The molecule has 0 bridgehead atoms. The fourth-order valence-corrected chi connectivity index (χ4v) is 1.56. The average Bonchev–Trinajstić information content (AvgIpc) is 2.30. The molecule has 1 heterocycles. The first kappa shape index (κ1) is 12.6. The van der Waals surface area contributed by atoms with Gasteiger partial charge < -0.3 is 10.0 Å². The Labute approximate surface area is 101 Å². The van der Waals surface area contributed by atoms with Crippen molar-refractivity contribution >= 4 is 12.6 Å². The van der Waals surface area contributed by atoms with Gasteiger partial charge in [0.05, 0.1) is 18.0 Å². The van der Waals surface area contributed by atoms with Gasteiger partial charge in [-0.05, 0) is 11.5 Å². The van der Waals surface area contributed by atoms with Gasteiger partial charge >= 0.3 is 7.12 Å². The molecule has 0 unspecified atom stereocenters. The smallest absolute Gasteiger partial charge is 0.423 e. The molecular weight excluding hydrogens is 246 g/mol. The molecule has 0 aliphatic rings. The van der Waals surface area contributed by atoms with E-state index in [1.807, 2.05) is 0 Å². The van der Waals surface area contributed by atoms with Crippen LogP contribution in [0.4, 0.5) is 13.2 Å². The summed E-state index contributed by atoms with van der Waals surface area (Å²) in [6.07, 6.45) is 1.50. The Hall–Kier alpha value is -1.86. The van der Waals surface area contributed by atoms with E-state index in [0.717, 1.165) is 30.6 Å². The fourth-order valence-electron chi connectivity index (χ4n) is 1.56. The summed E-state index contributed by atoms with van der Waals surface area (Å²) in [6.45, 7) is 0. The Morgan fingerprint density at radius 3 is 2.11 bits per heavy atom. The molecule has 0 aliphatic heterocycles. The third-order valence-electron chi connectivity index (χ3n) is 2.41. The summed E-state index contributed by atoms with van der Waals surface area (Å²) in [5.74, 6) is -2.93. The Bertz CT molecular complexity index is 572. The molecule has 0 saturated heterocycles. The molecule has 3 nitrogen and oxygen atoms in total. The van der Waals surface area contributed by atoms with Crippen LogP contribution in [0.15, 0.2) is 30.6 Å². The SMILES string of the molecule is OB(O)c1ccc(F)c(-c2c(F)cncc2F)c1. The minimum Gasteiger partial charge on any atom is -0.423 e. The summed E-state index contributed by atoms with van der Waals surface area (Å²) in [5, 5.41) is 17.9. The van der Waals surface area contributed by atoms with Crippen LogP contribution in [0.25, 0.3) is 11.1 Å². The molecule has 0 spiro atoms. The molecule has 2 aromatic rings. The molecule has 1 aromatic heterocycles. The number of benzene rings is 1. The number of pyridine rings is 1. The monoisotopic (exact) mass is 253 g/mol. The lowest BCUT2D eigenvalue weighted by atomic mass is 9.79. The quantitative estimate of drug-likeness (QED) is 0.780. The number of nitrogens with zero attached hydrogens (tertiary/aromatic N) is 1. The van der Waals surface area contributed by atoms with E-state index in [1.54, 1.807) is 0 Å². The second-order valence-electron chi connectivity index (χ2n) is 3.59. The number of rotatable bonds is 2. The lowest BCUT2D eigenvalue weighted by Crippen LogP contribution is -2.30. The van der Waals surface area contributed by atoms with Crippen LogP contribution in [-0.2, 0) is 0 Å². The van der Waals surface area contributed by atoms with Gasteiger partial charge in [-0.15, -0.1) is 0 Å². The van der Waals surface area contributed by atoms with Crippen LogP contribution in [0, 0.1) is 17.5 Å². The highest BCUT2D eigenvalue weighted by molar-refractivity contribution is 6.58. The summed E-state index contributed by atoms with van der Waals surface area (Å²) in [4.78, 5) is 3.29. The normalized spacial score (nSPS) is 10.5. The molecular formula is C11H7BF3NO2. The minimum absolute atomic E-state index is 0.0676. The molecule has 7 heteroatoms. The van der Waals surface area contributed by atoms with E-state index in [-0.39, 0.29) is 5.46 Å². The molecule has 0 fully saturated rings. The largest absolute Gasteiger partial charge is 0.488 e. The molecule has 0 radical (unpaired) electrons. The number of aromatic nitrogens is 1. The van der Waals surface area contributed by atoms with E-state index in [0.29, 0.717) is 0 Å². The van der Waals surface area contributed by atoms with Crippen LogP contribution in [-0.4, -0.2) is 22.2 Å². The van der Waals surface area contributed by atoms with Gasteiger partial charge in [-0.3, -0.25) is 4.98 Å². The van der Waals surface area contributed by atoms with Gasteiger partial charge in [-0.1, -0.05) is 12.1 Å². The van der Waals surface area contributed by atoms with E-state index in [1.165, 1.54) is 0 Å². The van der Waals surface area contributed by atoms with Crippen molar-refractivity contribution in [3.63, 3.8) is 0 Å². The van der Waals surface area contributed by atoms with Crippen molar-refractivity contribution in [1.82, 2.24) is 4.98 Å². The van der Waals surface area contributed by atoms with Crippen molar-refractivity contribution in [2.45, 2.75) is 0 Å². The topological polar surface area (TPSA) is 53.4 Å². The zero-order chi connectivity index (χ0) is 13.3. The zero-order valence-electron chi connectivity index (χ0n) is 8.94. The van der Waals surface area contributed by atoms with Gasteiger partial charge in [-0.2, -0.15) is 0 Å². The lowest BCUT2D eigenvalue weighted by Gasteiger charge is -2.08. The van der Waals surface area contributed by atoms with E-state index in [4.69, 9.17) is 10.0 Å². The predicted molar refractivity (Wildman–Crippen MR) is 59.4 cm³/mol. The van der Waals surface area contributed by atoms with Crippen molar-refractivity contribution < 1.29 is 23.2 Å². The van der Waals surface area contributed by atoms with Crippen LogP contribution in [0.5, 0.6) is 0 Å². The van der Waals surface area contributed by atoms with Crippen molar-refractivity contribution in [3.8, 4) is 11.1 Å². The Morgan fingerprint density at radius 1 is 0.944 bits per heavy atom. The van der Waals surface area contributed by atoms with Crippen LogP contribution >= 0.6 is 0 Å². The Kier molecular flexibility index (Phi) is 3.35. The summed E-state index contributed by atoms with van der Waals surface area (Å²) < 4.78 is 40.5.